The zero-order valence-corrected chi connectivity index (χ0v) is 10.2. The summed E-state index contributed by atoms with van der Waals surface area (Å²) >= 11 is 0. The molecule has 5 heteroatoms. The predicted molar refractivity (Wildman–Crippen MR) is 64.0 cm³/mol. The topological polar surface area (TPSA) is 66.3 Å². The van der Waals surface area contributed by atoms with Crippen LogP contribution in [-0.4, -0.2) is 33.1 Å². The molecule has 2 rings (SSSR count). The maximum atomic E-state index is 11.4. The molecule has 1 fully saturated rings. The largest absolute Gasteiger partial charge is 0.480 e. The molecule has 1 aromatic heterocycles. The molecule has 0 aliphatic carbocycles. The average molecular weight is 235 g/mol. The summed E-state index contributed by atoms with van der Waals surface area (Å²) in [7, 11) is 0. The van der Waals surface area contributed by atoms with Crippen LogP contribution in [0.15, 0.2) is 12.4 Å². The van der Waals surface area contributed by atoms with E-state index in [1.807, 2.05) is 17.9 Å². The number of anilines is 1. The van der Waals surface area contributed by atoms with E-state index in [2.05, 4.69) is 9.97 Å². The summed E-state index contributed by atoms with van der Waals surface area (Å²) in [6.45, 7) is 4.52. The van der Waals surface area contributed by atoms with Gasteiger partial charge in [0.1, 0.15) is 17.7 Å². The molecule has 5 nitrogen and oxygen atoms in total. The van der Waals surface area contributed by atoms with E-state index < -0.39 is 11.5 Å². The van der Waals surface area contributed by atoms with E-state index >= 15 is 0 Å². The molecule has 0 amide bonds. The lowest BCUT2D eigenvalue weighted by Gasteiger charge is -2.32. The summed E-state index contributed by atoms with van der Waals surface area (Å²) < 4.78 is 0. The highest BCUT2D eigenvalue weighted by atomic mass is 16.4. The molecule has 92 valence electrons. The van der Waals surface area contributed by atoms with Gasteiger partial charge in [-0.1, -0.05) is 6.92 Å². The van der Waals surface area contributed by atoms with Crippen LogP contribution in [0.5, 0.6) is 0 Å². The number of aliphatic carboxylic acids is 1. The number of carboxylic acids is 1. The Balaban J connectivity index is 2.35. The Labute approximate surface area is 100 Å². The lowest BCUT2D eigenvalue weighted by Crippen LogP contribution is -2.48. The van der Waals surface area contributed by atoms with Gasteiger partial charge >= 0.3 is 5.97 Å². The van der Waals surface area contributed by atoms with Crippen molar-refractivity contribution in [3.8, 4) is 0 Å². The first-order chi connectivity index (χ1) is 8.08. The van der Waals surface area contributed by atoms with Crippen molar-refractivity contribution in [3.63, 3.8) is 0 Å². The molecule has 1 saturated heterocycles. The molecule has 1 unspecified atom stereocenters. The molecule has 2 heterocycles. The van der Waals surface area contributed by atoms with Gasteiger partial charge in [0.2, 0.25) is 0 Å². The van der Waals surface area contributed by atoms with Gasteiger partial charge in [0, 0.05) is 18.3 Å². The van der Waals surface area contributed by atoms with Crippen molar-refractivity contribution in [2.75, 3.05) is 11.4 Å². The number of rotatable bonds is 3. The van der Waals surface area contributed by atoms with E-state index in [9.17, 15) is 9.90 Å². The average Bonchev–Trinajstić information content (AvgIpc) is 2.73. The Bertz CT molecular complexity index is 436. The van der Waals surface area contributed by atoms with Gasteiger partial charge in [0.25, 0.3) is 0 Å². The minimum atomic E-state index is -0.834. The summed E-state index contributed by atoms with van der Waals surface area (Å²) in [6.07, 6.45) is 3.88. The van der Waals surface area contributed by atoms with Gasteiger partial charge < -0.3 is 10.0 Å². The summed E-state index contributed by atoms with van der Waals surface area (Å²) in [5.41, 5.74) is 0.106. The first-order valence-electron chi connectivity index (χ1n) is 5.90. The number of aromatic nitrogens is 2. The van der Waals surface area contributed by atoms with Crippen molar-refractivity contribution in [3.05, 3.63) is 18.1 Å². The van der Waals surface area contributed by atoms with Crippen LogP contribution in [-0.2, 0) is 11.2 Å². The summed E-state index contributed by atoms with van der Waals surface area (Å²) in [6, 6.07) is 1.88. The Morgan fingerprint density at radius 3 is 3.00 bits per heavy atom. The molecule has 1 aromatic rings. The van der Waals surface area contributed by atoms with Gasteiger partial charge in [-0.15, -0.1) is 0 Å². The molecule has 0 aromatic carbocycles. The quantitative estimate of drug-likeness (QED) is 0.859. The number of aryl methyl sites for hydroxylation is 1. The number of nitrogens with zero attached hydrogens (tertiary/aromatic N) is 3. The van der Waals surface area contributed by atoms with Gasteiger partial charge in [0.05, 0.1) is 0 Å². The Morgan fingerprint density at radius 1 is 1.59 bits per heavy atom. The van der Waals surface area contributed by atoms with Gasteiger partial charge in [-0.2, -0.15) is 0 Å². The number of hydrogen-bond donors (Lipinski definition) is 1. The Hall–Kier alpha value is -1.65. The van der Waals surface area contributed by atoms with E-state index in [4.69, 9.17) is 0 Å². The lowest BCUT2D eigenvalue weighted by molar-refractivity contribution is -0.142. The van der Waals surface area contributed by atoms with Crippen LogP contribution in [0.2, 0.25) is 0 Å². The Morgan fingerprint density at radius 2 is 2.35 bits per heavy atom. The third-order valence-electron chi connectivity index (χ3n) is 3.45. The van der Waals surface area contributed by atoms with Gasteiger partial charge in [-0.3, -0.25) is 0 Å². The van der Waals surface area contributed by atoms with Crippen molar-refractivity contribution in [2.24, 2.45) is 0 Å². The van der Waals surface area contributed by atoms with Crippen molar-refractivity contribution >= 4 is 11.8 Å². The highest BCUT2D eigenvalue weighted by Gasteiger charge is 2.44. The smallest absolute Gasteiger partial charge is 0.329 e. The van der Waals surface area contributed by atoms with Crippen molar-refractivity contribution in [1.82, 2.24) is 9.97 Å². The number of hydrogen-bond acceptors (Lipinski definition) is 4. The highest BCUT2D eigenvalue weighted by molar-refractivity contribution is 5.83. The first-order valence-corrected chi connectivity index (χ1v) is 5.90. The molecule has 1 aliphatic heterocycles. The standard InChI is InChI=1S/C12H17N3O2/c1-3-9-7-10(14-8-13-9)15-6-4-5-12(15,2)11(16)17/h7-8H,3-6H2,1-2H3,(H,16,17). The molecular weight excluding hydrogens is 218 g/mol. The normalized spacial score (nSPS) is 24.0. The summed E-state index contributed by atoms with van der Waals surface area (Å²) in [5.74, 6) is -0.0640. The van der Waals surface area contributed by atoms with Gasteiger partial charge in [-0.05, 0) is 26.2 Å². The Kier molecular flexibility index (Phi) is 3.00. The molecule has 1 atom stereocenters. The number of carbonyl (C=O) groups is 1. The third kappa shape index (κ3) is 1.97. The third-order valence-corrected chi connectivity index (χ3v) is 3.45. The fourth-order valence-corrected chi connectivity index (χ4v) is 2.28. The minimum absolute atomic E-state index is 0.661. The summed E-state index contributed by atoms with van der Waals surface area (Å²) in [5, 5.41) is 9.35. The molecule has 0 spiro atoms. The predicted octanol–water partition coefficient (Wildman–Crippen LogP) is 1.48. The van der Waals surface area contributed by atoms with E-state index in [-0.39, 0.29) is 0 Å². The number of carboxylic acid groups (broad SMARTS) is 1. The van der Waals surface area contributed by atoms with Crippen LogP contribution in [0, 0.1) is 0 Å². The second kappa shape index (κ2) is 4.31. The maximum Gasteiger partial charge on any atom is 0.329 e. The zero-order chi connectivity index (χ0) is 12.5. The fraction of sp³-hybridized carbons (Fsp3) is 0.583. The lowest BCUT2D eigenvalue weighted by atomic mass is 9.99. The van der Waals surface area contributed by atoms with Crippen molar-refractivity contribution in [1.29, 1.82) is 0 Å². The van der Waals surface area contributed by atoms with E-state index in [1.165, 1.54) is 6.33 Å². The van der Waals surface area contributed by atoms with Crippen molar-refractivity contribution < 1.29 is 9.90 Å². The first kappa shape index (κ1) is 11.8. The zero-order valence-electron chi connectivity index (χ0n) is 10.2. The van der Waals surface area contributed by atoms with E-state index in [0.717, 1.165) is 30.9 Å². The van der Waals surface area contributed by atoms with Crippen LogP contribution in [0.3, 0.4) is 0 Å². The fourth-order valence-electron chi connectivity index (χ4n) is 2.28. The van der Waals surface area contributed by atoms with Crippen molar-refractivity contribution in [2.45, 2.75) is 38.6 Å². The van der Waals surface area contributed by atoms with E-state index in [0.29, 0.717) is 6.42 Å². The van der Waals surface area contributed by atoms with Crippen LogP contribution in [0.1, 0.15) is 32.4 Å². The van der Waals surface area contributed by atoms with Crippen LogP contribution in [0.4, 0.5) is 5.82 Å². The molecule has 0 bridgehead atoms. The van der Waals surface area contributed by atoms with Crippen LogP contribution < -0.4 is 4.90 Å². The molecule has 1 N–H and O–H groups in total. The molecular formula is C12H17N3O2. The monoisotopic (exact) mass is 235 g/mol. The molecule has 1 aliphatic rings. The summed E-state index contributed by atoms with van der Waals surface area (Å²) in [4.78, 5) is 21.6. The molecule has 17 heavy (non-hydrogen) atoms. The molecule has 0 saturated carbocycles. The molecule has 0 radical (unpaired) electrons. The van der Waals surface area contributed by atoms with Gasteiger partial charge in [-0.25, -0.2) is 14.8 Å². The van der Waals surface area contributed by atoms with Crippen LogP contribution in [0.25, 0.3) is 0 Å². The van der Waals surface area contributed by atoms with Gasteiger partial charge in [0.15, 0.2) is 0 Å². The van der Waals surface area contributed by atoms with E-state index in [1.54, 1.807) is 6.92 Å². The minimum Gasteiger partial charge on any atom is -0.480 e. The highest BCUT2D eigenvalue weighted by Crippen LogP contribution is 2.33. The van der Waals surface area contributed by atoms with Crippen LogP contribution >= 0.6 is 0 Å². The second-order valence-electron chi connectivity index (χ2n) is 4.56. The maximum absolute atomic E-state index is 11.4. The second-order valence-corrected chi connectivity index (χ2v) is 4.56. The SMILES string of the molecule is CCc1cc(N2CCCC2(C)C(=O)O)ncn1.